The highest BCUT2D eigenvalue weighted by Gasteiger charge is 2.36. The Hall–Kier alpha value is -1.29. The van der Waals surface area contributed by atoms with E-state index in [1.54, 1.807) is 4.31 Å². The van der Waals surface area contributed by atoms with Gasteiger partial charge < -0.3 is 9.47 Å². The third-order valence-electron chi connectivity index (χ3n) is 4.99. The Morgan fingerprint density at radius 2 is 1.88 bits per heavy atom. The van der Waals surface area contributed by atoms with Crippen molar-refractivity contribution in [3.8, 4) is 5.88 Å². The molecule has 8 nitrogen and oxygen atoms in total. The van der Waals surface area contributed by atoms with E-state index in [1.165, 1.54) is 17.1 Å². The van der Waals surface area contributed by atoms with E-state index >= 15 is 0 Å². The molecule has 1 unspecified atom stereocenters. The minimum Gasteiger partial charge on any atom is -0.476 e. The third-order valence-corrected chi connectivity index (χ3v) is 7.00. The second-order valence-electron chi connectivity index (χ2n) is 6.91. The molecule has 0 bridgehead atoms. The summed E-state index contributed by atoms with van der Waals surface area (Å²) >= 11 is 0. The van der Waals surface area contributed by atoms with Gasteiger partial charge in [0, 0.05) is 44.1 Å². The number of hydrogen-bond acceptors (Lipinski definition) is 6. The normalized spacial score (nSPS) is 26.0. The van der Waals surface area contributed by atoms with Crippen LogP contribution in [0.1, 0.15) is 30.9 Å². The van der Waals surface area contributed by atoms with Crippen molar-refractivity contribution in [1.29, 1.82) is 0 Å². The Bertz CT molecular complexity index is 687. The lowest BCUT2D eigenvalue weighted by Gasteiger charge is -2.30. The first-order chi connectivity index (χ1) is 12.1. The molecule has 0 spiro atoms. The van der Waals surface area contributed by atoms with Crippen molar-refractivity contribution < 1.29 is 17.9 Å². The van der Waals surface area contributed by atoms with Crippen LogP contribution in [0.4, 0.5) is 0 Å². The summed E-state index contributed by atoms with van der Waals surface area (Å²) in [6.07, 6.45) is 3.20. The molecule has 25 heavy (non-hydrogen) atoms. The maximum atomic E-state index is 12.6. The van der Waals surface area contributed by atoms with E-state index < -0.39 is 10.2 Å². The predicted octanol–water partition coefficient (Wildman–Crippen LogP) is 0.632. The molecule has 1 aliphatic carbocycles. The lowest BCUT2D eigenvalue weighted by Crippen LogP contribution is -2.47. The summed E-state index contributed by atoms with van der Waals surface area (Å²) in [6, 6.07) is 3.84. The van der Waals surface area contributed by atoms with Gasteiger partial charge in [-0.05, 0) is 25.3 Å². The molecule has 2 aliphatic heterocycles. The lowest BCUT2D eigenvalue weighted by molar-refractivity contribution is 0.0705. The second kappa shape index (κ2) is 7.14. The Kier molecular flexibility index (Phi) is 4.90. The van der Waals surface area contributed by atoms with Gasteiger partial charge in [0.1, 0.15) is 0 Å². The summed E-state index contributed by atoms with van der Waals surface area (Å²) in [6.45, 7) is 3.30. The predicted molar refractivity (Wildman–Crippen MR) is 90.5 cm³/mol. The number of morpholine rings is 1. The van der Waals surface area contributed by atoms with Crippen LogP contribution < -0.4 is 4.74 Å². The smallest absolute Gasteiger partial charge is 0.282 e. The Labute approximate surface area is 148 Å². The van der Waals surface area contributed by atoms with Crippen LogP contribution in [0.5, 0.6) is 5.88 Å². The summed E-state index contributed by atoms with van der Waals surface area (Å²) in [7, 11) is -3.38. The van der Waals surface area contributed by atoms with Gasteiger partial charge in [0.25, 0.3) is 10.2 Å². The molecule has 2 saturated heterocycles. The fourth-order valence-corrected chi connectivity index (χ4v) is 4.96. The largest absolute Gasteiger partial charge is 0.476 e. The van der Waals surface area contributed by atoms with E-state index in [9.17, 15) is 8.42 Å². The molecule has 0 amide bonds. The molecule has 138 valence electrons. The zero-order valence-corrected chi connectivity index (χ0v) is 15.0. The second-order valence-corrected chi connectivity index (χ2v) is 8.84. The van der Waals surface area contributed by atoms with Gasteiger partial charge in [0.05, 0.1) is 25.5 Å². The van der Waals surface area contributed by atoms with Gasteiger partial charge >= 0.3 is 0 Å². The molecule has 1 atom stereocenters. The van der Waals surface area contributed by atoms with Crippen LogP contribution in [-0.4, -0.2) is 73.2 Å². The first-order valence-electron chi connectivity index (χ1n) is 8.92. The fraction of sp³-hybridized carbons (Fsp3) is 0.750. The molecule has 0 aromatic carbocycles. The van der Waals surface area contributed by atoms with Crippen LogP contribution >= 0.6 is 0 Å². The molecule has 1 saturated carbocycles. The molecule has 0 N–H and O–H groups in total. The van der Waals surface area contributed by atoms with E-state index in [2.05, 4.69) is 10.2 Å². The van der Waals surface area contributed by atoms with Crippen molar-refractivity contribution in [2.24, 2.45) is 5.92 Å². The highest BCUT2D eigenvalue weighted by atomic mass is 32.2. The van der Waals surface area contributed by atoms with E-state index in [-0.39, 0.29) is 5.92 Å². The summed E-state index contributed by atoms with van der Waals surface area (Å²) in [5, 5.41) is 8.32. The standard InChI is InChI=1S/C16H24N4O4S/c21-25(22,19-7-9-23-10-8-19)20-6-5-13(11-20)12-24-16-4-3-15(17-18-16)14-1-2-14/h3-4,13-14H,1-2,5-12H2. The molecular weight excluding hydrogens is 344 g/mol. The maximum absolute atomic E-state index is 12.6. The van der Waals surface area contributed by atoms with Crippen LogP contribution in [0.3, 0.4) is 0 Å². The zero-order valence-electron chi connectivity index (χ0n) is 14.2. The van der Waals surface area contributed by atoms with Gasteiger partial charge in [-0.3, -0.25) is 0 Å². The van der Waals surface area contributed by atoms with Crippen molar-refractivity contribution in [2.45, 2.75) is 25.2 Å². The molecule has 3 heterocycles. The van der Waals surface area contributed by atoms with E-state index in [4.69, 9.17) is 9.47 Å². The van der Waals surface area contributed by atoms with E-state index in [0.717, 1.165) is 12.1 Å². The minimum absolute atomic E-state index is 0.181. The highest BCUT2D eigenvalue weighted by Crippen LogP contribution is 2.38. The molecule has 3 aliphatic rings. The average Bonchev–Trinajstić information content (AvgIpc) is 3.38. The molecular formula is C16H24N4O4S. The van der Waals surface area contributed by atoms with Gasteiger partial charge in [-0.2, -0.15) is 22.1 Å². The third kappa shape index (κ3) is 3.94. The lowest BCUT2D eigenvalue weighted by atomic mass is 10.1. The summed E-state index contributed by atoms with van der Waals surface area (Å²) < 4.78 is 39.3. The minimum atomic E-state index is -3.38. The van der Waals surface area contributed by atoms with Crippen LogP contribution in [0.25, 0.3) is 0 Å². The van der Waals surface area contributed by atoms with Crippen LogP contribution in [-0.2, 0) is 14.9 Å². The van der Waals surface area contributed by atoms with Crippen LogP contribution in [0, 0.1) is 5.92 Å². The molecule has 4 rings (SSSR count). The highest BCUT2D eigenvalue weighted by molar-refractivity contribution is 7.86. The van der Waals surface area contributed by atoms with Gasteiger partial charge in [0.15, 0.2) is 0 Å². The number of rotatable bonds is 6. The van der Waals surface area contributed by atoms with Crippen molar-refractivity contribution in [3.63, 3.8) is 0 Å². The fourth-order valence-electron chi connectivity index (χ4n) is 3.29. The Balaban J connectivity index is 1.28. The Morgan fingerprint density at radius 1 is 1.08 bits per heavy atom. The van der Waals surface area contributed by atoms with Crippen LogP contribution in [0.2, 0.25) is 0 Å². The topological polar surface area (TPSA) is 84.9 Å². The van der Waals surface area contributed by atoms with Gasteiger partial charge in [-0.25, -0.2) is 0 Å². The van der Waals surface area contributed by atoms with Crippen molar-refractivity contribution >= 4 is 10.2 Å². The number of ether oxygens (including phenoxy) is 2. The van der Waals surface area contributed by atoms with Crippen molar-refractivity contribution in [2.75, 3.05) is 46.0 Å². The van der Waals surface area contributed by atoms with E-state index in [0.29, 0.717) is 57.8 Å². The number of aromatic nitrogens is 2. The zero-order chi connectivity index (χ0) is 17.3. The van der Waals surface area contributed by atoms with Gasteiger partial charge in [0.2, 0.25) is 5.88 Å². The Morgan fingerprint density at radius 3 is 2.56 bits per heavy atom. The number of hydrogen-bond donors (Lipinski definition) is 0. The monoisotopic (exact) mass is 368 g/mol. The van der Waals surface area contributed by atoms with Crippen molar-refractivity contribution in [3.05, 3.63) is 17.8 Å². The van der Waals surface area contributed by atoms with Gasteiger partial charge in [-0.15, -0.1) is 5.10 Å². The first-order valence-corrected chi connectivity index (χ1v) is 10.3. The first kappa shape index (κ1) is 17.1. The average molecular weight is 368 g/mol. The molecule has 1 aromatic rings. The summed E-state index contributed by atoms with van der Waals surface area (Å²) in [4.78, 5) is 0. The number of nitrogens with zero attached hydrogens (tertiary/aromatic N) is 4. The van der Waals surface area contributed by atoms with Crippen molar-refractivity contribution in [1.82, 2.24) is 18.8 Å². The molecule has 3 fully saturated rings. The van der Waals surface area contributed by atoms with Gasteiger partial charge in [-0.1, -0.05) is 0 Å². The maximum Gasteiger partial charge on any atom is 0.282 e. The molecule has 1 aromatic heterocycles. The summed E-state index contributed by atoms with van der Waals surface area (Å²) in [5.41, 5.74) is 1.04. The molecule has 0 radical (unpaired) electrons. The van der Waals surface area contributed by atoms with Crippen LogP contribution in [0.15, 0.2) is 12.1 Å². The summed E-state index contributed by atoms with van der Waals surface area (Å²) in [5.74, 6) is 1.27. The molecule has 9 heteroatoms. The van der Waals surface area contributed by atoms with E-state index in [1.807, 2.05) is 12.1 Å². The SMILES string of the molecule is O=S(=O)(N1CCOCC1)N1CCC(COc2ccc(C3CC3)nn2)C1. The quantitative estimate of drug-likeness (QED) is 0.732.